The Morgan fingerprint density at radius 1 is 0.800 bits per heavy atom. The summed E-state index contributed by atoms with van der Waals surface area (Å²) >= 11 is 8.20. The fourth-order valence-electron chi connectivity index (χ4n) is 5.92. The van der Waals surface area contributed by atoms with E-state index >= 15 is 0 Å². The van der Waals surface area contributed by atoms with Gasteiger partial charge >= 0.3 is 0 Å². The Hall–Kier alpha value is -0.712. The van der Waals surface area contributed by atoms with Gasteiger partial charge in [0, 0.05) is 10.1 Å². The molecule has 0 radical (unpaired) electrons. The lowest BCUT2D eigenvalue weighted by atomic mass is 10.2. The Labute approximate surface area is 192 Å². The van der Waals surface area contributed by atoms with Crippen LogP contribution in [0.1, 0.15) is 0 Å². The molecule has 0 N–H and O–H groups in total. The topological polar surface area (TPSA) is 26.3 Å². The molecule has 0 saturated carbocycles. The van der Waals surface area contributed by atoms with E-state index in [-0.39, 0.29) is 5.43 Å². The second kappa shape index (κ2) is 7.70. The van der Waals surface area contributed by atoms with Gasteiger partial charge in [-0.3, -0.25) is 4.79 Å². The van der Waals surface area contributed by atoms with Crippen LogP contribution < -0.4 is 9.85 Å². The van der Waals surface area contributed by atoms with Gasteiger partial charge in [-0.2, -0.15) is 0 Å². The Balaban J connectivity index is 2.41. The molecule has 0 amide bonds. The van der Waals surface area contributed by atoms with E-state index in [1.807, 2.05) is 36.4 Å². The summed E-state index contributed by atoms with van der Waals surface area (Å²) in [6.45, 7) is 20.5. The van der Waals surface area contributed by atoms with Crippen molar-refractivity contribution in [1.82, 2.24) is 0 Å². The van der Waals surface area contributed by atoms with E-state index in [4.69, 9.17) is 16.0 Å². The molecule has 0 unspecified atom stereocenters. The highest BCUT2D eigenvalue weighted by Crippen LogP contribution is 2.43. The van der Waals surface area contributed by atoms with Crippen LogP contribution in [-0.4, -0.2) is 29.6 Å². The number of rotatable bonds is 5. The van der Waals surface area contributed by atoms with Gasteiger partial charge in [-0.15, -0.1) is 11.3 Å². The maximum atomic E-state index is 13.3. The standard InChI is InChI=1S/C22H33ClO2SSi4/c1-27(2,3)30(28(4,5)6,29(7,8)9)25-18-15-14-17(23)20-21(24)16-12-10-11-13-19(16)26-22(18)20/h10-15H,1-9H3. The lowest BCUT2D eigenvalue weighted by molar-refractivity contribution is 0.595. The van der Waals surface area contributed by atoms with Gasteiger partial charge < -0.3 is 4.43 Å². The second-order valence-electron chi connectivity index (χ2n) is 11.2. The monoisotopic (exact) mass is 508 g/mol. The highest BCUT2D eigenvalue weighted by molar-refractivity contribution is 7.87. The van der Waals surface area contributed by atoms with Crippen molar-refractivity contribution < 1.29 is 4.43 Å². The fourth-order valence-corrected chi connectivity index (χ4v) is 100. The first-order valence-corrected chi connectivity index (χ1v) is 27.1. The smallest absolute Gasteiger partial charge is 0.206 e. The van der Waals surface area contributed by atoms with E-state index in [2.05, 4.69) is 58.9 Å². The van der Waals surface area contributed by atoms with Crippen molar-refractivity contribution in [2.45, 2.75) is 58.9 Å². The summed E-state index contributed by atoms with van der Waals surface area (Å²) in [6.07, 6.45) is 0. The lowest BCUT2D eigenvalue weighted by Crippen LogP contribution is -2.86. The third-order valence-electron chi connectivity index (χ3n) is 6.07. The van der Waals surface area contributed by atoms with Crippen molar-refractivity contribution in [3.05, 3.63) is 51.6 Å². The van der Waals surface area contributed by atoms with Crippen LogP contribution in [0.2, 0.25) is 63.9 Å². The first-order valence-electron chi connectivity index (χ1n) is 10.4. The summed E-state index contributed by atoms with van der Waals surface area (Å²) in [5, 5.41) is 1.87. The Morgan fingerprint density at radius 3 is 1.87 bits per heavy atom. The van der Waals surface area contributed by atoms with Crippen LogP contribution in [0.5, 0.6) is 5.75 Å². The highest BCUT2D eigenvalue weighted by Gasteiger charge is 2.65. The summed E-state index contributed by atoms with van der Waals surface area (Å²) in [5.74, 6) is 0.890. The zero-order valence-corrected chi connectivity index (χ0v) is 25.1. The van der Waals surface area contributed by atoms with Crippen LogP contribution in [0.3, 0.4) is 0 Å². The van der Waals surface area contributed by atoms with Crippen LogP contribution in [-0.2, 0) is 0 Å². The van der Waals surface area contributed by atoms with Crippen molar-refractivity contribution in [2.24, 2.45) is 0 Å². The molecule has 2 nitrogen and oxygen atoms in total. The molecule has 0 aliphatic rings. The minimum Gasteiger partial charge on any atom is -0.551 e. The van der Waals surface area contributed by atoms with Gasteiger partial charge in [0.25, 0.3) is 0 Å². The number of benzene rings is 2. The molecule has 2 aromatic carbocycles. The zero-order valence-electron chi connectivity index (χ0n) is 19.6. The van der Waals surface area contributed by atoms with E-state index in [9.17, 15) is 4.79 Å². The largest absolute Gasteiger partial charge is 0.551 e. The highest BCUT2D eigenvalue weighted by atomic mass is 35.5. The Kier molecular flexibility index (Phi) is 6.15. The summed E-state index contributed by atoms with van der Waals surface area (Å²) in [5.41, 5.74) is 0.0103. The molecule has 3 aromatic rings. The van der Waals surface area contributed by atoms with Gasteiger partial charge in [-0.25, -0.2) is 0 Å². The third kappa shape index (κ3) is 3.71. The molecule has 1 aromatic heterocycles. The van der Waals surface area contributed by atoms with Crippen molar-refractivity contribution in [2.75, 3.05) is 0 Å². The quantitative estimate of drug-likeness (QED) is 0.261. The van der Waals surface area contributed by atoms with E-state index < -0.39 is 29.6 Å². The first kappa shape index (κ1) is 23.9. The molecule has 1 heterocycles. The van der Waals surface area contributed by atoms with Crippen LogP contribution >= 0.6 is 22.9 Å². The molecule has 0 bridgehead atoms. The third-order valence-corrected chi connectivity index (χ3v) is 74.9. The van der Waals surface area contributed by atoms with Gasteiger partial charge in [-0.05, 0) is 24.3 Å². The average molecular weight is 509 g/mol. The predicted octanol–water partition coefficient (Wildman–Crippen LogP) is 7.64. The van der Waals surface area contributed by atoms with Crippen molar-refractivity contribution in [3.63, 3.8) is 0 Å². The van der Waals surface area contributed by atoms with Gasteiger partial charge in [0.05, 0.1) is 37.9 Å². The van der Waals surface area contributed by atoms with Crippen LogP contribution in [0.25, 0.3) is 20.2 Å². The van der Waals surface area contributed by atoms with Gasteiger partial charge in [-0.1, -0.05) is 82.7 Å². The molecule has 0 spiro atoms. The molecule has 0 fully saturated rings. The number of hydrogen-bond acceptors (Lipinski definition) is 3. The predicted molar refractivity (Wildman–Crippen MR) is 147 cm³/mol. The van der Waals surface area contributed by atoms with E-state index in [0.717, 1.165) is 20.5 Å². The fraction of sp³-hybridized carbons (Fsp3) is 0.409. The summed E-state index contributed by atoms with van der Waals surface area (Å²) in [6, 6.07) is 11.7. The number of fused-ring (bicyclic) bond motifs is 2. The van der Waals surface area contributed by atoms with Crippen molar-refractivity contribution >= 4 is 72.8 Å². The molecule has 0 aliphatic heterocycles. The average Bonchev–Trinajstić information content (AvgIpc) is 2.58. The minimum absolute atomic E-state index is 0.0103. The second-order valence-corrected chi connectivity index (χ2v) is 52.1. The molecule has 162 valence electrons. The molecule has 0 aliphatic carbocycles. The number of halogens is 1. The van der Waals surface area contributed by atoms with Crippen LogP contribution in [0, 0.1) is 0 Å². The maximum Gasteiger partial charge on any atom is 0.206 e. The van der Waals surface area contributed by atoms with Gasteiger partial charge in [0.15, 0.2) is 5.43 Å². The summed E-state index contributed by atoms with van der Waals surface area (Å²) < 4.78 is 9.31. The number of hydrogen-bond donors (Lipinski definition) is 0. The first-order chi connectivity index (χ1) is 13.6. The molecule has 0 atom stereocenters. The van der Waals surface area contributed by atoms with Gasteiger partial charge in [0.2, 0.25) is 6.87 Å². The van der Waals surface area contributed by atoms with Crippen LogP contribution in [0.15, 0.2) is 41.2 Å². The molecule has 8 heteroatoms. The summed E-state index contributed by atoms with van der Waals surface area (Å²) in [7, 11) is -4.88. The summed E-state index contributed by atoms with van der Waals surface area (Å²) in [4.78, 5) is 13.3. The van der Waals surface area contributed by atoms with E-state index in [1.54, 1.807) is 11.3 Å². The van der Waals surface area contributed by atoms with Crippen LogP contribution in [0.4, 0.5) is 0 Å². The maximum absolute atomic E-state index is 13.3. The van der Waals surface area contributed by atoms with E-state index in [0.29, 0.717) is 10.4 Å². The molecular formula is C22H33ClO2SSi4. The molecule has 30 heavy (non-hydrogen) atoms. The Morgan fingerprint density at radius 2 is 1.33 bits per heavy atom. The van der Waals surface area contributed by atoms with E-state index in [1.165, 1.54) is 0 Å². The normalized spacial score (nSPS) is 13.8. The SMILES string of the molecule is C[Si](C)(C)[Si](Oc1ccc(Cl)c2c(=O)c3ccccc3sc12)([Si](C)(C)C)[Si](C)(C)C. The zero-order chi connectivity index (χ0) is 22.7. The van der Waals surface area contributed by atoms with Crippen molar-refractivity contribution in [3.8, 4) is 5.75 Å². The Bertz CT molecular complexity index is 1130. The molecule has 3 rings (SSSR count). The minimum atomic E-state index is -2.08. The lowest BCUT2D eigenvalue weighted by Gasteiger charge is -2.55. The van der Waals surface area contributed by atoms with Crippen molar-refractivity contribution in [1.29, 1.82) is 0 Å². The van der Waals surface area contributed by atoms with Gasteiger partial charge in [0.1, 0.15) is 5.75 Å². The molecule has 0 saturated heterocycles. The molecular weight excluding hydrogens is 476 g/mol.